The number of hydrogen-bond donors (Lipinski definition) is 2. The van der Waals surface area contributed by atoms with Gasteiger partial charge in [-0.25, -0.2) is 4.68 Å². The Bertz CT molecular complexity index is 1270. The topological polar surface area (TPSA) is 102 Å². The number of aromatic nitrogens is 4. The third-order valence-electron chi connectivity index (χ3n) is 4.73. The lowest BCUT2D eigenvalue weighted by atomic mass is 9.98. The van der Waals surface area contributed by atoms with E-state index in [4.69, 9.17) is 0 Å². The molecule has 8 nitrogen and oxygen atoms in total. The van der Waals surface area contributed by atoms with Crippen LogP contribution in [-0.2, 0) is 6.18 Å². The van der Waals surface area contributed by atoms with Crippen LogP contribution >= 0.6 is 0 Å². The van der Waals surface area contributed by atoms with Crippen molar-refractivity contribution in [2.24, 2.45) is 0 Å². The minimum atomic E-state index is -4.45. The van der Waals surface area contributed by atoms with Gasteiger partial charge >= 0.3 is 6.18 Å². The number of halogens is 3. The second-order valence-corrected chi connectivity index (χ2v) is 6.83. The summed E-state index contributed by atoms with van der Waals surface area (Å²) in [5.74, 6) is -1.18. The third kappa shape index (κ3) is 4.87. The molecule has 0 saturated heterocycles. The van der Waals surface area contributed by atoms with Crippen LogP contribution in [0.1, 0.15) is 26.3 Å². The van der Waals surface area contributed by atoms with E-state index >= 15 is 0 Å². The summed E-state index contributed by atoms with van der Waals surface area (Å²) >= 11 is 0. The van der Waals surface area contributed by atoms with Crippen LogP contribution in [0, 0.1) is 0 Å². The van der Waals surface area contributed by atoms with Gasteiger partial charge in [-0.15, -0.1) is 5.10 Å². The van der Waals surface area contributed by atoms with Crippen LogP contribution in [0.15, 0.2) is 79.1 Å². The average Bonchev–Trinajstić information content (AvgIpc) is 3.37. The van der Waals surface area contributed by atoms with Gasteiger partial charge in [-0.2, -0.15) is 13.2 Å². The first-order chi connectivity index (χ1) is 15.8. The molecule has 11 heteroatoms. The summed E-state index contributed by atoms with van der Waals surface area (Å²) in [6, 6.07) is 17.2. The summed E-state index contributed by atoms with van der Waals surface area (Å²) in [4.78, 5) is 25.1. The molecule has 3 aromatic carbocycles. The summed E-state index contributed by atoms with van der Waals surface area (Å²) in [6.07, 6.45) is -3.05. The highest BCUT2D eigenvalue weighted by molar-refractivity contribution is 6.03. The first kappa shape index (κ1) is 21.7. The summed E-state index contributed by atoms with van der Waals surface area (Å²) in [5, 5.41) is 10.8. The Kier molecular flexibility index (Phi) is 5.85. The molecule has 1 heterocycles. The minimum absolute atomic E-state index is 0.187. The quantitative estimate of drug-likeness (QED) is 0.462. The van der Waals surface area contributed by atoms with E-state index in [1.165, 1.54) is 41.3 Å². The van der Waals surface area contributed by atoms with Gasteiger partial charge in [-0.1, -0.05) is 30.3 Å². The highest BCUT2D eigenvalue weighted by Gasteiger charge is 2.30. The number of carbonyl (C=O) groups excluding carboxylic acids is 2. The van der Waals surface area contributed by atoms with Crippen LogP contribution in [0.3, 0.4) is 0 Å². The fourth-order valence-corrected chi connectivity index (χ4v) is 3.07. The van der Waals surface area contributed by atoms with Crippen LogP contribution < -0.4 is 10.9 Å². The number of rotatable bonds is 4. The van der Waals surface area contributed by atoms with E-state index in [-0.39, 0.29) is 11.1 Å². The molecule has 0 atom stereocenters. The second kappa shape index (κ2) is 8.91. The van der Waals surface area contributed by atoms with Gasteiger partial charge in [0.25, 0.3) is 11.8 Å². The maximum Gasteiger partial charge on any atom is 0.416 e. The molecule has 2 amide bonds. The zero-order chi connectivity index (χ0) is 23.4. The smallest absolute Gasteiger partial charge is 0.267 e. The lowest BCUT2D eigenvalue weighted by Crippen LogP contribution is -2.41. The summed E-state index contributed by atoms with van der Waals surface area (Å²) in [6.45, 7) is 0. The molecule has 0 aliphatic heterocycles. The zero-order valence-corrected chi connectivity index (χ0v) is 16.7. The molecular weight excluding hydrogens is 437 g/mol. The van der Waals surface area contributed by atoms with E-state index in [0.29, 0.717) is 16.8 Å². The predicted molar refractivity (Wildman–Crippen MR) is 111 cm³/mol. The number of nitrogens with one attached hydrogen (secondary N) is 2. The Morgan fingerprint density at radius 1 is 0.818 bits per heavy atom. The lowest BCUT2D eigenvalue weighted by molar-refractivity contribution is -0.137. The van der Waals surface area contributed by atoms with Crippen molar-refractivity contribution in [3.8, 4) is 16.8 Å². The maximum atomic E-state index is 12.8. The first-order valence-electron chi connectivity index (χ1n) is 9.54. The number of alkyl halides is 3. The van der Waals surface area contributed by atoms with Crippen LogP contribution in [0.5, 0.6) is 0 Å². The molecule has 0 fully saturated rings. The summed E-state index contributed by atoms with van der Waals surface area (Å²) < 4.78 is 39.9. The van der Waals surface area contributed by atoms with E-state index in [1.807, 2.05) is 0 Å². The number of nitrogens with zero attached hydrogens (tertiary/aromatic N) is 4. The number of amides is 2. The Morgan fingerprint density at radius 2 is 1.48 bits per heavy atom. The Morgan fingerprint density at radius 3 is 2.12 bits per heavy atom. The molecule has 166 valence electrons. The molecule has 4 rings (SSSR count). The highest BCUT2D eigenvalue weighted by atomic mass is 19.4. The highest BCUT2D eigenvalue weighted by Crippen LogP contribution is 2.31. The number of carbonyl (C=O) groups is 2. The van der Waals surface area contributed by atoms with E-state index in [0.717, 1.165) is 12.1 Å². The fraction of sp³-hybridized carbons (Fsp3) is 0.0455. The van der Waals surface area contributed by atoms with Crippen molar-refractivity contribution < 1.29 is 22.8 Å². The van der Waals surface area contributed by atoms with Crippen molar-refractivity contribution in [1.29, 1.82) is 0 Å². The minimum Gasteiger partial charge on any atom is -0.267 e. The normalized spacial score (nSPS) is 11.1. The standard InChI is InChI=1S/C22H15F3N6O2/c23-22(24,25)16-9-5-14(6-10-16)18-3-1-2-4-19(18)21(33)28-27-20(32)15-7-11-17(12-8-15)31-13-26-29-30-31/h1-13H,(H,27,32)(H,28,33). The third-order valence-corrected chi connectivity index (χ3v) is 4.73. The largest absolute Gasteiger partial charge is 0.416 e. The number of tetrazole rings is 1. The first-order valence-corrected chi connectivity index (χ1v) is 9.54. The fourth-order valence-electron chi connectivity index (χ4n) is 3.07. The van der Waals surface area contributed by atoms with Gasteiger partial charge in [0, 0.05) is 11.1 Å². The van der Waals surface area contributed by atoms with Gasteiger partial charge in [0.2, 0.25) is 0 Å². The van der Waals surface area contributed by atoms with E-state index in [2.05, 4.69) is 26.4 Å². The van der Waals surface area contributed by atoms with Crippen molar-refractivity contribution in [3.63, 3.8) is 0 Å². The van der Waals surface area contributed by atoms with Crippen molar-refractivity contribution in [1.82, 2.24) is 31.1 Å². The zero-order valence-electron chi connectivity index (χ0n) is 16.7. The van der Waals surface area contributed by atoms with E-state index < -0.39 is 23.6 Å². The molecule has 1 aromatic heterocycles. The van der Waals surface area contributed by atoms with E-state index in [1.54, 1.807) is 30.3 Å². The predicted octanol–water partition coefficient (Wildman–Crippen LogP) is 3.42. The van der Waals surface area contributed by atoms with Gasteiger partial charge in [-0.3, -0.25) is 20.4 Å². The van der Waals surface area contributed by atoms with Crippen LogP contribution in [0.2, 0.25) is 0 Å². The number of benzene rings is 3. The molecule has 0 unspecified atom stereocenters. The van der Waals surface area contributed by atoms with Crippen LogP contribution in [0.25, 0.3) is 16.8 Å². The molecule has 0 bridgehead atoms. The monoisotopic (exact) mass is 452 g/mol. The van der Waals surface area contributed by atoms with E-state index in [9.17, 15) is 22.8 Å². The van der Waals surface area contributed by atoms with Crippen molar-refractivity contribution >= 4 is 11.8 Å². The van der Waals surface area contributed by atoms with Gasteiger partial charge in [0.15, 0.2) is 0 Å². The van der Waals surface area contributed by atoms with Gasteiger partial charge in [0.1, 0.15) is 6.33 Å². The molecule has 0 radical (unpaired) electrons. The van der Waals surface area contributed by atoms with Gasteiger partial charge < -0.3 is 0 Å². The molecule has 0 aliphatic carbocycles. The molecular formula is C22H15F3N6O2. The van der Waals surface area contributed by atoms with Crippen LogP contribution in [0.4, 0.5) is 13.2 Å². The maximum absolute atomic E-state index is 12.8. The van der Waals surface area contributed by atoms with Crippen molar-refractivity contribution in [2.45, 2.75) is 6.18 Å². The lowest BCUT2D eigenvalue weighted by Gasteiger charge is -2.12. The average molecular weight is 452 g/mol. The Balaban J connectivity index is 1.45. The van der Waals surface area contributed by atoms with Crippen molar-refractivity contribution in [2.75, 3.05) is 0 Å². The molecule has 0 spiro atoms. The molecule has 2 N–H and O–H groups in total. The molecule has 0 aliphatic rings. The van der Waals surface area contributed by atoms with Crippen molar-refractivity contribution in [3.05, 3.63) is 95.8 Å². The number of hydrogen-bond acceptors (Lipinski definition) is 5. The van der Waals surface area contributed by atoms with Gasteiger partial charge in [-0.05, 0) is 64.0 Å². The molecule has 33 heavy (non-hydrogen) atoms. The molecule has 0 saturated carbocycles. The van der Waals surface area contributed by atoms with Crippen LogP contribution in [-0.4, -0.2) is 32.0 Å². The summed E-state index contributed by atoms with van der Waals surface area (Å²) in [7, 11) is 0. The summed E-state index contributed by atoms with van der Waals surface area (Å²) in [5.41, 5.74) is 5.83. The SMILES string of the molecule is O=C(NNC(=O)c1ccccc1-c1ccc(C(F)(F)F)cc1)c1ccc(-n2cnnn2)cc1. The van der Waals surface area contributed by atoms with Gasteiger partial charge in [0.05, 0.1) is 11.3 Å². The number of hydrazine groups is 1. The Hall–Kier alpha value is -4.54. The second-order valence-electron chi connectivity index (χ2n) is 6.83. The molecule has 4 aromatic rings. The Labute approximate surface area is 185 Å².